The van der Waals surface area contributed by atoms with E-state index >= 15 is 0 Å². The second kappa shape index (κ2) is 6.63. The minimum atomic E-state index is -0.900. The van der Waals surface area contributed by atoms with Gasteiger partial charge in [0.2, 0.25) is 0 Å². The number of allylic oxidation sites excluding steroid dienone is 2. The van der Waals surface area contributed by atoms with Crippen molar-refractivity contribution in [3.05, 3.63) is 53.3 Å². The van der Waals surface area contributed by atoms with Gasteiger partial charge in [-0.1, -0.05) is 25.1 Å². The molecule has 6 rings (SSSR count). The molecule has 2 fully saturated rings. The first-order valence-electron chi connectivity index (χ1n) is 12.0. The van der Waals surface area contributed by atoms with Crippen LogP contribution in [-0.4, -0.2) is 32.5 Å². The minimum absolute atomic E-state index is 0.233. The molecule has 6 nitrogen and oxygen atoms in total. The Labute approximate surface area is 194 Å². The van der Waals surface area contributed by atoms with Gasteiger partial charge >= 0.3 is 6.16 Å². The molecule has 1 aromatic carbocycles. The Balaban J connectivity index is 1.47. The normalized spacial score (nSPS) is 44.2. The number of ether oxygens (including phenoxy) is 5. The van der Waals surface area contributed by atoms with Gasteiger partial charge in [-0.25, -0.2) is 4.79 Å². The van der Waals surface area contributed by atoms with E-state index in [1.54, 1.807) is 7.11 Å². The van der Waals surface area contributed by atoms with Crippen LogP contribution in [0.2, 0.25) is 0 Å². The summed E-state index contributed by atoms with van der Waals surface area (Å²) in [5, 5.41) is 0. The van der Waals surface area contributed by atoms with Crippen LogP contribution in [0.5, 0.6) is 5.75 Å². The number of carbonyl (C=O) groups excluding carboxylic acids is 1. The second-order valence-corrected chi connectivity index (χ2v) is 10.6. The highest BCUT2D eigenvalue weighted by Gasteiger charge is 2.80. The molecule has 1 unspecified atom stereocenters. The predicted molar refractivity (Wildman–Crippen MR) is 121 cm³/mol. The van der Waals surface area contributed by atoms with Crippen molar-refractivity contribution in [3.8, 4) is 5.75 Å². The summed E-state index contributed by atoms with van der Waals surface area (Å²) >= 11 is 0. The maximum atomic E-state index is 12.3. The molecule has 6 heteroatoms. The number of aryl methyl sites for hydroxylation is 1. The lowest BCUT2D eigenvalue weighted by molar-refractivity contribution is -0.475. The van der Waals surface area contributed by atoms with Gasteiger partial charge in [0.1, 0.15) is 16.9 Å². The van der Waals surface area contributed by atoms with Crippen LogP contribution in [0.1, 0.15) is 57.1 Å². The van der Waals surface area contributed by atoms with Gasteiger partial charge in [0.25, 0.3) is 0 Å². The zero-order valence-electron chi connectivity index (χ0n) is 20.0. The summed E-state index contributed by atoms with van der Waals surface area (Å²) in [5.74, 6) is 1.46. The summed E-state index contributed by atoms with van der Waals surface area (Å²) in [4.78, 5) is 12.3. The third kappa shape index (κ3) is 2.34. The van der Waals surface area contributed by atoms with Crippen molar-refractivity contribution in [1.29, 1.82) is 0 Å². The number of fused-ring (bicyclic) bond motifs is 3. The number of carbonyl (C=O) groups is 1. The Morgan fingerprint density at radius 1 is 1.12 bits per heavy atom. The predicted octanol–water partition coefficient (Wildman–Crippen LogP) is 5.47. The maximum Gasteiger partial charge on any atom is 0.513 e. The van der Waals surface area contributed by atoms with Crippen LogP contribution in [0.3, 0.4) is 0 Å². The maximum absolute atomic E-state index is 12.3. The molecule has 1 aliphatic heterocycles. The van der Waals surface area contributed by atoms with E-state index in [2.05, 4.69) is 43.4 Å². The molecule has 5 atom stereocenters. The molecule has 1 saturated heterocycles. The SMILES string of the molecule is COC(=O)OC1=CC23C=C[C@@]1(C1(C)OC(C)O1)[C@@]2(C)CC[C@@H]1c2ccc(OC)cc2CC[C@H]13. The molecule has 4 aliphatic carbocycles. The van der Waals surface area contributed by atoms with Crippen LogP contribution in [0.25, 0.3) is 0 Å². The van der Waals surface area contributed by atoms with Crippen molar-refractivity contribution in [3.63, 3.8) is 0 Å². The van der Waals surface area contributed by atoms with E-state index in [-0.39, 0.29) is 17.1 Å². The molecule has 33 heavy (non-hydrogen) atoms. The Kier molecular flexibility index (Phi) is 4.27. The molecule has 0 radical (unpaired) electrons. The van der Waals surface area contributed by atoms with Gasteiger partial charge in [-0.2, -0.15) is 0 Å². The van der Waals surface area contributed by atoms with Crippen molar-refractivity contribution in [2.45, 2.75) is 64.4 Å². The first-order chi connectivity index (χ1) is 15.7. The van der Waals surface area contributed by atoms with Gasteiger partial charge in [0.05, 0.1) is 14.2 Å². The van der Waals surface area contributed by atoms with Crippen molar-refractivity contribution in [1.82, 2.24) is 0 Å². The molecule has 0 aromatic heterocycles. The third-order valence-electron chi connectivity index (χ3n) is 9.58. The molecule has 0 N–H and O–H groups in total. The lowest BCUT2D eigenvalue weighted by Crippen LogP contribution is -2.66. The second-order valence-electron chi connectivity index (χ2n) is 10.6. The van der Waals surface area contributed by atoms with Gasteiger partial charge in [-0.05, 0) is 80.7 Å². The van der Waals surface area contributed by atoms with Crippen molar-refractivity contribution in [2.24, 2.45) is 22.2 Å². The summed E-state index contributed by atoms with van der Waals surface area (Å²) in [5.41, 5.74) is 1.66. The largest absolute Gasteiger partial charge is 0.513 e. The first kappa shape index (κ1) is 21.2. The molecule has 176 valence electrons. The van der Waals surface area contributed by atoms with E-state index in [0.717, 1.165) is 31.4 Å². The average Bonchev–Trinajstić information content (AvgIpc) is 3.19. The van der Waals surface area contributed by atoms with Crippen molar-refractivity contribution < 1.29 is 28.5 Å². The smallest absolute Gasteiger partial charge is 0.497 e. The van der Waals surface area contributed by atoms with Gasteiger partial charge in [-0.3, -0.25) is 0 Å². The molecular formula is C27H32O6. The molecule has 1 saturated carbocycles. The lowest BCUT2D eigenvalue weighted by Gasteiger charge is -2.62. The molecule has 2 bridgehead atoms. The van der Waals surface area contributed by atoms with Crippen LogP contribution in [0, 0.1) is 22.2 Å². The molecule has 1 heterocycles. The van der Waals surface area contributed by atoms with Crippen LogP contribution in [0.4, 0.5) is 4.79 Å². The standard InChI is InChI=1S/C27H32O6/c1-16-32-25(3,33-16)27-13-12-26(15-22(27)31-23(28)30-5)21-9-6-17-14-18(29-4)7-8-19(17)20(21)10-11-24(26,27)2/h7-8,12-16,20-21H,6,9-11H2,1-5H3/t16?,20-,21-,24+,25?,26?,27+/m1/s1. The summed E-state index contributed by atoms with van der Waals surface area (Å²) in [6.07, 6.45) is 9.90. The topological polar surface area (TPSA) is 63.2 Å². The summed E-state index contributed by atoms with van der Waals surface area (Å²) in [6, 6.07) is 6.53. The summed E-state index contributed by atoms with van der Waals surface area (Å²) < 4.78 is 28.7. The molecule has 1 aromatic rings. The zero-order valence-corrected chi connectivity index (χ0v) is 20.0. The first-order valence-corrected chi connectivity index (χ1v) is 12.0. The number of hydrogen-bond acceptors (Lipinski definition) is 6. The number of benzene rings is 1. The Hall–Kier alpha value is -2.31. The van der Waals surface area contributed by atoms with Gasteiger partial charge < -0.3 is 23.7 Å². The van der Waals surface area contributed by atoms with E-state index in [1.165, 1.54) is 18.2 Å². The third-order valence-corrected chi connectivity index (χ3v) is 9.58. The Morgan fingerprint density at radius 3 is 2.61 bits per heavy atom. The van der Waals surface area contributed by atoms with Crippen LogP contribution in [0.15, 0.2) is 42.2 Å². The van der Waals surface area contributed by atoms with Crippen LogP contribution >= 0.6 is 0 Å². The summed E-state index contributed by atoms with van der Waals surface area (Å²) in [6.45, 7) is 6.21. The fourth-order valence-electron chi connectivity index (χ4n) is 8.25. The van der Waals surface area contributed by atoms with E-state index < -0.39 is 17.4 Å². The van der Waals surface area contributed by atoms with Gasteiger partial charge in [0, 0.05) is 10.8 Å². The highest BCUT2D eigenvalue weighted by molar-refractivity contribution is 5.64. The van der Waals surface area contributed by atoms with E-state index in [1.807, 2.05) is 13.8 Å². The Bertz CT molecular complexity index is 1080. The lowest BCUT2D eigenvalue weighted by atomic mass is 9.45. The average molecular weight is 453 g/mol. The highest BCUT2D eigenvalue weighted by atomic mass is 16.9. The molecular weight excluding hydrogens is 420 g/mol. The van der Waals surface area contributed by atoms with Crippen LogP contribution in [-0.2, 0) is 25.4 Å². The monoisotopic (exact) mass is 452 g/mol. The van der Waals surface area contributed by atoms with Crippen molar-refractivity contribution in [2.75, 3.05) is 14.2 Å². The minimum Gasteiger partial charge on any atom is -0.497 e. The van der Waals surface area contributed by atoms with E-state index in [0.29, 0.717) is 17.6 Å². The zero-order chi connectivity index (χ0) is 23.2. The fourth-order valence-corrected chi connectivity index (χ4v) is 8.25. The fraction of sp³-hybridized carbons (Fsp3) is 0.593. The number of rotatable bonds is 3. The number of methoxy groups -OCH3 is 2. The highest BCUT2D eigenvalue weighted by Crippen LogP contribution is 2.80. The van der Waals surface area contributed by atoms with E-state index in [4.69, 9.17) is 23.7 Å². The molecule has 5 aliphatic rings. The van der Waals surface area contributed by atoms with Crippen molar-refractivity contribution >= 4 is 6.16 Å². The van der Waals surface area contributed by atoms with Gasteiger partial charge in [-0.15, -0.1) is 0 Å². The molecule has 0 spiro atoms. The summed E-state index contributed by atoms with van der Waals surface area (Å²) in [7, 11) is 3.06. The van der Waals surface area contributed by atoms with Gasteiger partial charge in [0.15, 0.2) is 12.1 Å². The Morgan fingerprint density at radius 2 is 1.91 bits per heavy atom. The quantitative estimate of drug-likeness (QED) is 0.447. The van der Waals surface area contributed by atoms with Crippen LogP contribution < -0.4 is 4.74 Å². The number of hydrogen-bond donors (Lipinski definition) is 0. The molecule has 0 amide bonds. The van der Waals surface area contributed by atoms with E-state index in [9.17, 15) is 4.79 Å².